The first-order valence-electron chi connectivity index (χ1n) is 5.05. The van der Waals surface area contributed by atoms with Crippen molar-refractivity contribution in [1.82, 2.24) is 0 Å². The Balaban J connectivity index is 0. The number of aliphatic hydroxyl groups excluding tert-OH is 1. The van der Waals surface area contributed by atoms with Crippen LogP contribution in [-0.4, -0.2) is 18.7 Å². The fourth-order valence-electron chi connectivity index (χ4n) is 1.36. The average molecular weight is 224 g/mol. The zero-order valence-corrected chi connectivity index (χ0v) is 10.0. The van der Waals surface area contributed by atoms with Gasteiger partial charge in [0.25, 0.3) is 0 Å². The van der Waals surface area contributed by atoms with E-state index in [-0.39, 0.29) is 6.61 Å². The topological polar surface area (TPSA) is 54.4 Å². The molecule has 0 aromatic heterocycles. The highest BCUT2D eigenvalue weighted by molar-refractivity contribution is 5.30. The lowest BCUT2D eigenvalue weighted by Crippen LogP contribution is -1.91. The molecule has 1 N–H and O–H groups in total. The molecule has 0 saturated heterocycles. The van der Waals surface area contributed by atoms with Crippen molar-refractivity contribution in [2.75, 3.05) is 0 Å². The van der Waals surface area contributed by atoms with Crippen LogP contribution in [0.1, 0.15) is 30.0 Å². The normalized spacial score (nSPS) is 8.19. The summed E-state index contributed by atoms with van der Waals surface area (Å²) in [5.41, 5.74) is 3.71. The van der Waals surface area contributed by atoms with E-state index in [1.807, 2.05) is 19.6 Å². The Morgan fingerprint density at radius 1 is 1.19 bits per heavy atom. The van der Waals surface area contributed by atoms with Gasteiger partial charge in [-0.2, -0.15) is 0 Å². The number of aryl methyl sites for hydroxylation is 2. The molecule has 3 heteroatoms. The molecule has 1 rings (SSSR count). The third kappa shape index (κ3) is 6.09. The lowest BCUT2D eigenvalue weighted by Gasteiger charge is -2.05. The first kappa shape index (κ1) is 16.9. The minimum Gasteiger partial charge on any atom is -0.392 e. The summed E-state index contributed by atoms with van der Waals surface area (Å²) in [5.74, 6) is 0. The molecule has 0 amide bonds. The summed E-state index contributed by atoms with van der Waals surface area (Å²) >= 11 is 0. The van der Waals surface area contributed by atoms with Crippen LogP contribution in [0.4, 0.5) is 0 Å². The van der Waals surface area contributed by atoms with E-state index in [1.54, 1.807) is 0 Å². The summed E-state index contributed by atoms with van der Waals surface area (Å²) < 4.78 is 0. The van der Waals surface area contributed by atoms with Gasteiger partial charge < -0.3 is 14.7 Å². The number of benzene rings is 1. The van der Waals surface area contributed by atoms with Gasteiger partial charge in [-0.1, -0.05) is 31.5 Å². The Bertz CT molecular complexity index is 283. The van der Waals surface area contributed by atoms with Gasteiger partial charge in [-0.3, -0.25) is 0 Å². The maximum atomic E-state index is 8.92. The van der Waals surface area contributed by atoms with Crippen molar-refractivity contribution in [3.05, 3.63) is 34.9 Å². The molecule has 16 heavy (non-hydrogen) atoms. The van der Waals surface area contributed by atoms with Crippen molar-refractivity contribution >= 4 is 13.6 Å². The van der Waals surface area contributed by atoms with Gasteiger partial charge in [0.15, 0.2) is 0 Å². The van der Waals surface area contributed by atoms with E-state index >= 15 is 0 Å². The van der Waals surface area contributed by atoms with E-state index in [0.717, 1.165) is 18.4 Å². The van der Waals surface area contributed by atoms with Crippen LogP contribution >= 0.6 is 0 Å². The van der Waals surface area contributed by atoms with E-state index in [9.17, 15) is 0 Å². The summed E-state index contributed by atoms with van der Waals surface area (Å²) in [7, 11) is 0. The molecule has 0 heterocycles. The fraction of sp³-hybridized carbons (Fsp3) is 0.385. The van der Waals surface area contributed by atoms with E-state index < -0.39 is 0 Å². The number of rotatable bonds is 3. The molecule has 0 aliphatic heterocycles. The molecule has 0 saturated carbocycles. The van der Waals surface area contributed by atoms with Crippen LogP contribution < -0.4 is 0 Å². The standard InChI is InChI=1S/C11H16O.2CH2O/c1-3-4-11-7-10(8-12)6-5-9(11)2;2*1-2/h5-7,12H,3-4,8H2,1-2H3;2*1H2. The van der Waals surface area contributed by atoms with Crippen molar-refractivity contribution in [2.45, 2.75) is 33.3 Å². The van der Waals surface area contributed by atoms with E-state index in [2.05, 4.69) is 26.0 Å². The van der Waals surface area contributed by atoms with Gasteiger partial charge in [-0.25, -0.2) is 0 Å². The zero-order valence-electron chi connectivity index (χ0n) is 10.0. The van der Waals surface area contributed by atoms with Crippen molar-refractivity contribution in [3.63, 3.8) is 0 Å². The molecule has 0 atom stereocenters. The van der Waals surface area contributed by atoms with Crippen molar-refractivity contribution < 1.29 is 14.7 Å². The van der Waals surface area contributed by atoms with Crippen molar-refractivity contribution in [3.8, 4) is 0 Å². The number of hydrogen-bond acceptors (Lipinski definition) is 3. The molecular formula is C13H20O3. The van der Waals surface area contributed by atoms with Crippen LogP contribution in [-0.2, 0) is 22.6 Å². The second kappa shape index (κ2) is 11.6. The summed E-state index contributed by atoms with van der Waals surface area (Å²) in [4.78, 5) is 16.0. The minimum absolute atomic E-state index is 0.150. The SMILES string of the molecule is C=O.C=O.CCCc1cc(CO)ccc1C. The minimum atomic E-state index is 0.150. The summed E-state index contributed by atoms with van der Waals surface area (Å²) in [6.07, 6.45) is 2.27. The van der Waals surface area contributed by atoms with Crippen LogP contribution in [0.5, 0.6) is 0 Å². The molecule has 0 radical (unpaired) electrons. The molecule has 0 bridgehead atoms. The Labute approximate surface area is 97.1 Å². The molecule has 0 aliphatic rings. The fourth-order valence-corrected chi connectivity index (χ4v) is 1.36. The van der Waals surface area contributed by atoms with E-state index in [1.165, 1.54) is 11.1 Å². The molecule has 1 aromatic rings. The molecule has 0 aliphatic carbocycles. The van der Waals surface area contributed by atoms with Crippen molar-refractivity contribution in [2.24, 2.45) is 0 Å². The number of aliphatic hydroxyl groups is 1. The van der Waals surface area contributed by atoms with Gasteiger partial charge in [-0.05, 0) is 30.0 Å². The maximum absolute atomic E-state index is 8.92. The zero-order chi connectivity index (χ0) is 13.0. The number of hydrogen-bond donors (Lipinski definition) is 1. The molecule has 0 spiro atoms. The second-order valence-corrected chi connectivity index (χ2v) is 3.17. The van der Waals surface area contributed by atoms with Gasteiger partial charge >= 0.3 is 0 Å². The lowest BCUT2D eigenvalue weighted by atomic mass is 10.0. The second-order valence-electron chi connectivity index (χ2n) is 3.17. The highest BCUT2D eigenvalue weighted by Crippen LogP contribution is 2.12. The molecule has 0 fully saturated rings. The summed E-state index contributed by atoms with van der Waals surface area (Å²) in [6, 6.07) is 6.16. The summed E-state index contributed by atoms with van der Waals surface area (Å²) in [6.45, 7) is 8.44. The molecule has 1 aromatic carbocycles. The van der Waals surface area contributed by atoms with Crippen LogP contribution in [0.25, 0.3) is 0 Å². The average Bonchev–Trinajstić information content (AvgIpc) is 2.37. The van der Waals surface area contributed by atoms with E-state index in [4.69, 9.17) is 14.7 Å². The highest BCUT2D eigenvalue weighted by atomic mass is 16.3. The first-order chi connectivity index (χ1) is 7.77. The highest BCUT2D eigenvalue weighted by Gasteiger charge is 1.98. The van der Waals surface area contributed by atoms with Crippen LogP contribution in [0.2, 0.25) is 0 Å². The Morgan fingerprint density at radius 2 is 1.75 bits per heavy atom. The number of carbonyl (C=O) groups is 2. The predicted molar refractivity (Wildman–Crippen MR) is 65.3 cm³/mol. The van der Waals surface area contributed by atoms with Crippen LogP contribution in [0.3, 0.4) is 0 Å². The molecule has 0 unspecified atom stereocenters. The molecule has 90 valence electrons. The molecular weight excluding hydrogens is 204 g/mol. The van der Waals surface area contributed by atoms with E-state index in [0.29, 0.717) is 0 Å². The first-order valence-corrected chi connectivity index (χ1v) is 5.05. The Morgan fingerprint density at radius 3 is 2.19 bits per heavy atom. The van der Waals surface area contributed by atoms with Crippen molar-refractivity contribution in [1.29, 1.82) is 0 Å². The molecule has 3 nitrogen and oxygen atoms in total. The quantitative estimate of drug-likeness (QED) is 0.855. The van der Waals surface area contributed by atoms with Crippen LogP contribution in [0.15, 0.2) is 18.2 Å². The van der Waals surface area contributed by atoms with Gasteiger partial charge in [-0.15, -0.1) is 0 Å². The predicted octanol–water partition coefficient (Wildman–Crippen LogP) is 2.07. The van der Waals surface area contributed by atoms with Gasteiger partial charge in [0, 0.05) is 0 Å². The summed E-state index contributed by atoms with van der Waals surface area (Å²) in [5, 5.41) is 8.92. The smallest absolute Gasteiger partial charge is 0.106 e. The van der Waals surface area contributed by atoms with Gasteiger partial charge in [0.2, 0.25) is 0 Å². The largest absolute Gasteiger partial charge is 0.392 e. The Hall–Kier alpha value is -1.48. The lowest BCUT2D eigenvalue weighted by molar-refractivity contribution is -0.0987. The third-order valence-corrected chi connectivity index (χ3v) is 2.12. The monoisotopic (exact) mass is 224 g/mol. The van der Waals surface area contributed by atoms with Gasteiger partial charge in [0.05, 0.1) is 6.61 Å². The third-order valence-electron chi connectivity index (χ3n) is 2.12. The Kier molecular flexibility index (Phi) is 12.3. The maximum Gasteiger partial charge on any atom is 0.106 e. The number of carbonyl (C=O) groups excluding carboxylic acids is 2. The van der Waals surface area contributed by atoms with Gasteiger partial charge in [0.1, 0.15) is 13.6 Å². The van der Waals surface area contributed by atoms with Crippen LogP contribution in [0, 0.1) is 6.92 Å².